The number of fused-ring (bicyclic) bond motifs is 1. The SMILES string of the molecule is O=C(Nc1ccc2c(c1)N(Cc1ccccc1)CC2)N1CCCC1. The van der Waals surface area contributed by atoms with Crippen molar-refractivity contribution < 1.29 is 4.79 Å². The van der Waals surface area contributed by atoms with Gasteiger partial charge < -0.3 is 15.1 Å². The Labute approximate surface area is 143 Å². The van der Waals surface area contributed by atoms with Gasteiger partial charge in [-0.3, -0.25) is 0 Å². The Morgan fingerprint density at radius 1 is 1.00 bits per heavy atom. The van der Waals surface area contributed by atoms with Gasteiger partial charge in [-0.05, 0) is 42.5 Å². The van der Waals surface area contributed by atoms with Gasteiger partial charge in [0.1, 0.15) is 0 Å². The molecule has 0 aromatic heterocycles. The van der Waals surface area contributed by atoms with Crippen molar-refractivity contribution in [3.8, 4) is 0 Å². The van der Waals surface area contributed by atoms with E-state index in [9.17, 15) is 4.79 Å². The standard InChI is InChI=1S/C20H23N3O/c24-20(22-11-4-5-12-22)21-18-9-8-17-10-13-23(19(17)14-18)15-16-6-2-1-3-7-16/h1-3,6-9,14H,4-5,10-13,15H2,(H,21,24). The van der Waals surface area contributed by atoms with Crippen LogP contribution in [0.5, 0.6) is 0 Å². The van der Waals surface area contributed by atoms with Crippen LogP contribution in [0.25, 0.3) is 0 Å². The normalized spacial score (nSPS) is 16.3. The van der Waals surface area contributed by atoms with Crippen LogP contribution < -0.4 is 10.2 Å². The van der Waals surface area contributed by atoms with Crippen LogP contribution in [0.2, 0.25) is 0 Å². The number of carbonyl (C=O) groups is 1. The molecule has 1 fully saturated rings. The molecule has 4 rings (SSSR count). The molecule has 2 amide bonds. The number of rotatable bonds is 3. The summed E-state index contributed by atoms with van der Waals surface area (Å²) >= 11 is 0. The minimum absolute atomic E-state index is 0.0278. The zero-order valence-electron chi connectivity index (χ0n) is 13.9. The molecular formula is C20H23N3O. The quantitative estimate of drug-likeness (QED) is 0.931. The van der Waals surface area contributed by atoms with Crippen LogP contribution in [-0.4, -0.2) is 30.6 Å². The van der Waals surface area contributed by atoms with Gasteiger partial charge in [0.15, 0.2) is 0 Å². The predicted molar refractivity (Wildman–Crippen MR) is 97.5 cm³/mol. The summed E-state index contributed by atoms with van der Waals surface area (Å²) in [6.07, 6.45) is 3.30. The van der Waals surface area contributed by atoms with Crippen LogP contribution in [0.15, 0.2) is 48.5 Å². The first-order valence-corrected chi connectivity index (χ1v) is 8.77. The minimum atomic E-state index is 0.0278. The van der Waals surface area contributed by atoms with Crippen molar-refractivity contribution in [1.82, 2.24) is 4.90 Å². The number of urea groups is 1. The molecule has 2 heterocycles. The van der Waals surface area contributed by atoms with E-state index in [4.69, 9.17) is 0 Å². The van der Waals surface area contributed by atoms with Gasteiger partial charge in [-0.25, -0.2) is 4.79 Å². The molecule has 2 aromatic rings. The second kappa shape index (κ2) is 6.56. The van der Waals surface area contributed by atoms with Crippen LogP contribution in [0, 0.1) is 0 Å². The molecule has 1 N–H and O–H groups in total. The van der Waals surface area contributed by atoms with Gasteiger partial charge in [-0.15, -0.1) is 0 Å². The Hall–Kier alpha value is -2.49. The van der Waals surface area contributed by atoms with Crippen LogP contribution in [0.1, 0.15) is 24.0 Å². The van der Waals surface area contributed by atoms with Crippen molar-refractivity contribution >= 4 is 17.4 Å². The number of nitrogens with one attached hydrogen (secondary N) is 1. The second-order valence-corrected chi connectivity index (χ2v) is 6.62. The van der Waals surface area contributed by atoms with Crippen molar-refractivity contribution in [2.75, 3.05) is 29.9 Å². The van der Waals surface area contributed by atoms with Crippen LogP contribution >= 0.6 is 0 Å². The first-order valence-electron chi connectivity index (χ1n) is 8.77. The van der Waals surface area contributed by atoms with Crippen molar-refractivity contribution in [3.05, 3.63) is 59.7 Å². The third-order valence-corrected chi connectivity index (χ3v) is 4.94. The molecular weight excluding hydrogens is 298 g/mol. The van der Waals surface area contributed by atoms with E-state index in [2.05, 4.69) is 46.6 Å². The van der Waals surface area contributed by atoms with Gasteiger partial charge in [-0.2, -0.15) is 0 Å². The second-order valence-electron chi connectivity index (χ2n) is 6.62. The average Bonchev–Trinajstić information content (AvgIpc) is 3.26. The van der Waals surface area contributed by atoms with Crippen LogP contribution in [0.4, 0.5) is 16.2 Å². The molecule has 0 unspecified atom stereocenters. The number of hydrogen-bond donors (Lipinski definition) is 1. The Kier molecular flexibility index (Phi) is 4.11. The van der Waals surface area contributed by atoms with Gasteiger partial charge in [0.05, 0.1) is 0 Å². The molecule has 4 nitrogen and oxygen atoms in total. The maximum Gasteiger partial charge on any atom is 0.321 e. The molecule has 0 bridgehead atoms. The van der Waals surface area contributed by atoms with Gasteiger partial charge >= 0.3 is 6.03 Å². The summed E-state index contributed by atoms with van der Waals surface area (Å²) in [5, 5.41) is 3.06. The zero-order valence-corrected chi connectivity index (χ0v) is 13.9. The lowest BCUT2D eigenvalue weighted by Gasteiger charge is -2.21. The lowest BCUT2D eigenvalue weighted by Crippen LogP contribution is -2.32. The summed E-state index contributed by atoms with van der Waals surface area (Å²) in [7, 11) is 0. The van der Waals surface area contributed by atoms with Gasteiger partial charge in [0.2, 0.25) is 0 Å². The highest BCUT2D eigenvalue weighted by atomic mass is 16.2. The summed E-state index contributed by atoms with van der Waals surface area (Å²) in [4.78, 5) is 16.6. The molecule has 0 atom stereocenters. The van der Waals surface area contributed by atoms with Crippen molar-refractivity contribution in [2.45, 2.75) is 25.8 Å². The molecule has 1 saturated heterocycles. The molecule has 0 aliphatic carbocycles. The summed E-state index contributed by atoms with van der Waals surface area (Å²) in [6.45, 7) is 3.69. The van der Waals surface area contributed by atoms with Crippen molar-refractivity contribution in [1.29, 1.82) is 0 Å². The topological polar surface area (TPSA) is 35.6 Å². The van der Waals surface area contributed by atoms with E-state index in [1.807, 2.05) is 17.0 Å². The number of likely N-dealkylation sites (tertiary alicyclic amines) is 1. The molecule has 0 radical (unpaired) electrons. The Morgan fingerprint density at radius 2 is 1.79 bits per heavy atom. The number of nitrogens with zero attached hydrogens (tertiary/aromatic N) is 2. The van der Waals surface area contributed by atoms with Crippen LogP contribution in [-0.2, 0) is 13.0 Å². The van der Waals surface area contributed by atoms with E-state index in [-0.39, 0.29) is 6.03 Å². The highest BCUT2D eigenvalue weighted by molar-refractivity contribution is 5.90. The Morgan fingerprint density at radius 3 is 2.58 bits per heavy atom. The lowest BCUT2D eigenvalue weighted by molar-refractivity contribution is 0.222. The predicted octanol–water partition coefficient (Wildman–Crippen LogP) is 3.88. The smallest absolute Gasteiger partial charge is 0.321 e. The maximum absolute atomic E-state index is 12.3. The van der Waals surface area contributed by atoms with Gasteiger partial charge in [0.25, 0.3) is 0 Å². The molecule has 124 valence electrons. The number of anilines is 2. The van der Waals surface area contributed by atoms with E-state index in [0.717, 1.165) is 51.1 Å². The molecule has 4 heteroatoms. The van der Waals surface area contributed by atoms with E-state index in [1.54, 1.807) is 0 Å². The number of hydrogen-bond acceptors (Lipinski definition) is 2. The fourth-order valence-electron chi connectivity index (χ4n) is 3.61. The van der Waals surface area contributed by atoms with Crippen molar-refractivity contribution in [2.24, 2.45) is 0 Å². The minimum Gasteiger partial charge on any atom is -0.367 e. The summed E-state index contributed by atoms with van der Waals surface area (Å²) in [5.74, 6) is 0. The molecule has 2 aliphatic heterocycles. The third-order valence-electron chi connectivity index (χ3n) is 4.94. The number of carbonyl (C=O) groups excluding carboxylic acids is 1. The molecule has 0 saturated carbocycles. The highest BCUT2D eigenvalue weighted by Crippen LogP contribution is 2.32. The Balaban J connectivity index is 1.49. The fourth-order valence-corrected chi connectivity index (χ4v) is 3.61. The average molecular weight is 321 g/mol. The van der Waals surface area contributed by atoms with Gasteiger partial charge in [-0.1, -0.05) is 36.4 Å². The first-order chi connectivity index (χ1) is 11.8. The van der Waals surface area contributed by atoms with Crippen LogP contribution in [0.3, 0.4) is 0 Å². The number of amides is 2. The van der Waals surface area contributed by atoms with E-state index >= 15 is 0 Å². The monoisotopic (exact) mass is 321 g/mol. The largest absolute Gasteiger partial charge is 0.367 e. The molecule has 24 heavy (non-hydrogen) atoms. The highest BCUT2D eigenvalue weighted by Gasteiger charge is 2.21. The van der Waals surface area contributed by atoms with Gasteiger partial charge in [0, 0.05) is 37.6 Å². The fraction of sp³-hybridized carbons (Fsp3) is 0.350. The first kappa shape index (κ1) is 15.1. The lowest BCUT2D eigenvalue weighted by atomic mass is 10.1. The molecule has 0 spiro atoms. The zero-order chi connectivity index (χ0) is 16.4. The third kappa shape index (κ3) is 3.09. The molecule has 2 aromatic carbocycles. The summed E-state index contributed by atoms with van der Waals surface area (Å²) in [5.41, 5.74) is 4.82. The van der Waals surface area contributed by atoms with E-state index in [0.29, 0.717) is 0 Å². The van der Waals surface area contributed by atoms with E-state index < -0.39 is 0 Å². The number of benzene rings is 2. The van der Waals surface area contributed by atoms with Crippen molar-refractivity contribution in [3.63, 3.8) is 0 Å². The summed E-state index contributed by atoms with van der Waals surface area (Å²) < 4.78 is 0. The summed E-state index contributed by atoms with van der Waals surface area (Å²) in [6, 6.07) is 16.9. The Bertz CT molecular complexity index is 723. The van der Waals surface area contributed by atoms with E-state index in [1.165, 1.54) is 16.8 Å². The molecule has 2 aliphatic rings. The maximum atomic E-state index is 12.3.